The second-order valence-corrected chi connectivity index (χ2v) is 7.06. The zero-order chi connectivity index (χ0) is 21.7. The van der Waals surface area contributed by atoms with Crippen LogP contribution in [0.2, 0.25) is 0 Å². The van der Waals surface area contributed by atoms with E-state index in [1.165, 1.54) is 51.7 Å². The minimum Gasteiger partial charge on any atom is -0.394 e. The molecule has 0 amide bonds. The van der Waals surface area contributed by atoms with Crippen LogP contribution in [0.5, 0.6) is 0 Å². The van der Waals surface area contributed by atoms with E-state index in [1.54, 1.807) is 13.0 Å². The summed E-state index contributed by atoms with van der Waals surface area (Å²) in [7, 11) is 0. The van der Waals surface area contributed by atoms with Gasteiger partial charge in [-0.3, -0.25) is 13.8 Å². The molecule has 0 saturated carbocycles. The Labute approximate surface area is 173 Å². The first-order valence-electron chi connectivity index (χ1n) is 9.40. The predicted molar refractivity (Wildman–Crippen MR) is 107 cm³/mol. The van der Waals surface area contributed by atoms with Gasteiger partial charge in [0.05, 0.1) is 18.2 Å². The number of fused-ring (bicyclic) bond motifs is 3. The van der Waals surface area contributed by atoms with Crippen LogP contribution < -0.4 is 5.56 Å². The number of hydrogen-bond donors (Lipinski definition) is 1. The Morgan fingerprint density at radius 2 is 1.90 bits per heavy atom. The van der Waals surface area contributed by atoms with Gasteiger partial charge in [-0.25, -0.2) is 13.8 Å². The lowest BCUT2D eigenvalue weighted by Gasteiger charge is -2.17. The molecule has 0 spiro atoms. The highest BCUT2D eigenvalue weighted by Gasteiger charge is 2.23. The molecular weight excluding hydrogens is 408 g/mol. The summed E-state index contributed by atoms with van der Waals surface area (Å²) in [4.78, 5) is 21.9. The highest BCUT2D eigenvalue weighted by molar-refractivity contribution is 5.84. The third kappa shape index (κ3) is 2.91. The predicted octanol–water partition coefficient (Wildman–Crippen LogP) is 3.20. The summed E-state index contributed by atoms with van der Waals surface area (Å²) in [5.41, 5.74) is 0.667. The van der Waals surface area contributed by atoms with Crippen molar-refractivity contribution in [3.63, 3.8) is 0 Å². The molecule has 156 valence electrons. The fraction of sp³-hybridized carbons (Fsp3) is 0.143. The van der Waals surface area contributed by atoms with E-state index in [0.29, 0.717) is 11.1 Å². The average molecular weight is 423 g/mol. The van der Waals surface area contributed by atoms with Crippen LogP contribution in [-0.2, 0) is 0 Å². The second-order valence-electron chi connectivity index (χ2n) is 7.06. The molecule has 3 heterocycles. The normalized spacial score (nSPS) is 12.6. The number of hydrogen-bond acceptors (Lipinski definition) is 6. The van der Waals surface area contributed by atoms with E-state index < -0.39 is 23.2 Å². The van der Waals surface area contributed by atoms with E-state index >= 15 is 0 Å². The van der Waals surface area contributed by atoms with Gasteiger partial charge in [0.25, 0.3) is 11.4 Å². The van der Waals surface area contributed by atoms with Crippen molar-refractivity contribution in [3.05, 3.63) is 70.8 Å². The van der Waals surface area contributed by atoms with Gasteiger partial charge in [-0.05, 0) is 43.3 Å². The molecular formula is C21H15F2N5O3. The van der Waals surface area contributed by atoms with E-state index in [9.17, 15) is 18.7 Å². The molecule has 1 N–H and O–H groups in total. The Morgan fingerprint density at radius 3 is 2.65 bits per heavy atom. The number of para-hydroxylation sites is 1. The fourth-order valence-corrected chi connectivity index (χ4v) is 3.58. The van der Waals surface area contributed by atoms with Crippen LogP contribution in [0.3, 0.4) is 0 Å². The maximum absolute atomic E-state index is 14.7. The van der Waals surface area contributed by atoms with Gasteiger partial charge in [-0.1, -0.05) is 11.2 Å². The minimum absolute atomic E-state index is 0.0536. The van der Waals surface area contributed by atoms with Crippen LogP contribution >= 0.6 is 0 Å². The molecule has 1 unspecified atom stereocenters. The number of rotatable bonds is 4. The van der Waals surface area contributed by atoms with Gasteiger partial charge in [0.2, 0.25) is 5.82 Å². The molecule has 0 radical (unpaired) electrons. The molecule has 2 aromatic carbocycles. The first-order chi connectivity index (χ1) is 15.0. The minimum atomic E-state index is -0.681. The zero-order valence-electron chi connectivity index (χ0n) is 16.2. The number of halogens is 2. The molecule has 0 saturated heterocycles. The number of imidazole rings is 1. The van der Waals surface area contributed by atoms with Crippen molar-refractivity contribution in [2.75, 3.05) is 6.61 Å². The summed E-state index contributed by atoms with van der Waals surface area (Å²) in [5.74, 6) is -0.809. The smallest absolute Gasteiger partial charge is 0.278 e. The highest BCUT2D eigenvalue weighted by atomic mass is 19.1. The molecule has 0 fully saturated rings. The fourth-order valence-electron chi connectivity index (χ4n) is 3.58. The quantitative estimate of drug-likeness (QED) is 0.477. The monoisotopic (exact) mass is 423 g/mol. The SMILES string of the molecule is CC(CO)n1c(=O)c2c(-c3noc(-c4ccc(F)cc4)n3)ncn2c2cccc(F)c21. The van der Waals surface area contributed by atoms with Gasteiger partial charge < -0.3 is 9.63 Å². The van der Waals surface area contributed by atoms with Gasteiger partial charge in [0.1, 0.15) is 34.7 Å². The Hall–Kier alpha value is -3.92. The molecule has 8 nitrogen and oxygen atoms in total. The lowest BCUT2D eigenvalue weighted by atomic mass is 10.2. The summed E-state index contributed by atoms with van der Waals surface area (Å²) in [6.45, 7) is 1.25. The summed E-state index contributed by atoms with van der Waals surface area (Å²) < 4.78 is 35.8. The summed E-state index contributed by atoms with van der Waals surface area (Å²) >= 11 is 0. The first kappa shape index (κ1) is 19.1. The van der Waals surface area contributed by atoms with Gasteiger partial charge in [0.15, 0.2) is 0 Å². The molecule has 3 aromatic heterocycles. The van der Waals surface area contributed by atoms with Gasteiger partial charge in [-0.2, -0.15) is 4.98 Å². The van der Waals surface area contributed by atoms with Crippen molar-refractivity contribution in [2.24, 2.45) is 0 Å². The average Bonchev–Trinajstić information content (AvgIpc) is 3.42. The third-order valence-corrected chi connectivity index (χ3v) is 5.09. The largest absolute Gasteiger partial charge is 0.394 e. The van der Waals surface area contributed by atoms with Crippen molar-refractivity contribution in [1.29, 1.82) is 0 Å². The Morgan fingerprint density at radius 1 is 1.13 bits per heavy atom. The van der Waals surface area contributed by atoms with Crippen LogP contribution in [0.4, 0.5) is 8.78 Å². The Bertz CT molecular complexity index is 1490. The van der Waals surface area contributed by atoms with Crippen LogP contribution in [0.15, 0.2) is 58.1 Å². The summed E-state index contributed by atoms with van der Waals surface area (Å²) in [5, 5.41) is 13.6. The van der Waals surface area contributed by atoms with E-state index in [2.05, 4.69) is 15.1 Å². The maximum atomic E-state index is 14.7. The van der Waals surface area contributed by atoms with Crippen LogP contribution in [0.25, 0.3) is 39.5 Å². The van der Waals surface area contributed by atoms with Crippen LogP contribution in [0, 0.1) is 11.6 Å². The number of aliphatic hydroxyl groups is 1. The van der Waals surface area contributed by atoms with Crippen molar-refractivity contribution < 1.29 is 18.4 Å². The standard InChI is InChI=1S/C21H15F2N5O3/c1-11(9-29)28-17-14(23)3-2-4-15(17)27-10-24-16(18(27)21(28)30)19-25-20(31-26-19)12-5-7-13(22)8-6-12/h2-8,10-11,29H,9H2,1H3. The molecule has 0 bridgehead atoms. The molecule has 0 aliphatic heterocycles. The summed E-state index contributed by atoms with van der Waals surface area (Å²) in [6, 6.07) is 9.25. The van der Waals surface area contributed by atoms with Crippen molar-refractivity contribution in [3.8, 4) is 23.0 Å². The van der Waals surface area contributed by atoms with E-state index in [0.717, 1.165) is 0 Å². The summed E-state index contributed by atoms with van der Waals surface area (Å²) in [6.07, 6.45) is 1.38. The van der Waals surface area contributed by atoms with Crippen LogP contribution in [-0.4, -0.2) is 35.8 Å². The Kier molecular flexibility index (Phi) is 4.36. The van der Waals surface area contributed by atoms with Crippen molar-refractivity contribution in [1.82, 2.24) is 24.1 Å². The number of benzene rings is 2. The zero-order valence-corrected chi connectivity index (χ0v) is 16.2. The lowest BCUT2D eigenvalue weighted by Crippen LogP contribution is -2.28. The molecule has 0 aliphatic rings. The topological polar surface area (TPSA) is 98.5 Å². The number of nitrogens with zero attached hydrogens (tertiary/aromatic N) is 5. The third-order valence-electron chi connectivity index (χ3n) is 5.09. The van der Waals surface area contributed by atoms with Gasteiger partial charge >= 0.3 is 0 Å². The highest BCUT2D eigenvalue weighted by Crippen LogP contribution is 2.27. The molecule has 0 aliphatic carbocycles. The van der Waals surface area contributed by atoms with E-state index in [-0.39, 0.29) is 35.0 Å². The molecule has 5 aromatic rings. The number of aliphatic hydroxyl groups excluding tert-OH is 1. The van der Waals surface area contributed by atoms with Crippen LogP contribution in [0.1, 0.15) is 13.0 Å². The molecule has 1 atom stereocenters. The number of aromatic nitrogens is 5. The van der Waals surface area contributed by atoms with Crippen molar-refractivity contribution >= 4 is 16.6 Å². The van der Waals surface area contributed by atoms with E-state index in [1.807, 2.05) is 0 Å². The molecule has 10 heteroatoms. The van der Waals surface area contributed by atoms with Gasteiger partial charge in [0, 0.05) is 5.56 Å². The van der Waals surface area contributed by atoms with Crippen molar-refractivity contribution in [2.45, 2.75) is 13.0 Å². The van der Waals surface area contributed by atoms with E-state index in [4.69, 9.17) is 4.52 Å². The second kappa shape index (κ2) is 7.10. The first-order valence-corrected chi connectivity index (χ1v) is 9.40. The lowest BCUT2D eigenvalue weighted by molar-refractivity contribution is 0.239. The Balaban J connectivity index is 1.77. The van der Waals surface area contributed by atoms with Gasteiger partial charge in [-0.15, -0.1) is 0 Å². The molecule has 31 heavy (non-hydrogen) atoms. The molecule has 5 rings (SSSR count). The maximum Gasteiger partial charge on any atom is 0.278 e.